The van der Waals surface area contributed by atoms with E-state index in [0.29, 0.717) is 12.4 Å². The van der Waals surface area contributed by atoms with Crippen molar-refractivity contribution in [2.75, 3.05) is 11.9 Å². The number of benzene rings is 2. The van der Waals surface area contributed by atoms with Crippen molar-refractivity contribution in [3.63, 3.8) is 0 Å². The Bertz CT molecular complexity index is 1030. The molecule has 154 valence electrons. The Balaban J connectivity index is 0.000000806. The van der Waals surface area contributed by atoms with Gasteiger partial charge in [0.05, 0.1) is 17.8 Å². The Hall–Kier alpha value is -3.94. The lowest BCUT2D eigenvalue weighted by Gasteiger charge is -2.14. The summed E-state index contributed by atoms with van der Waals surface area (Å²) in [6, 6.07) is 17.7. The number of carboxylic acid groups (broad SMARTS) is 1. The fourth-order valence-electron chi connectivity index (χ4n) is 3.19. The first kappa shape index (κ1) is 20.8. The second kappa shape index (κ2) is 9.51. The van der Waals surface area contributed by atoms with E-state index in [4.69, 9.17) is 9.90 Å². The third kappa shape index (κ3) is 4.72. The van der Waals surface area contributed by atoms with Gasteiger partial charge in [-0.2, -0.15) is 5.10 Å². The molecule has 8 heteroatoms. The van der Waals surface area contributed by atoms with Crippen molar-refractivity contribution < 1.29 is 19.5 Å². The number of aryl methyl sites for hydroxylation is 1. The maximum atomic E-state index is 12.7. The highest BCUT2D eigenvalue weighted by atomic mass is 16.3. The first-order chi connectivity index (χ1) is 14.5. The number of rotatable bonds is 4. The summed E-state index contributed by atoms with van der Waals surface area (Å²) in [5.74, 6) is -0.0400. The van der Waals surface area contributed by atoms with Crippen molar-refractivity contribution in [1.82, 2.24) is 15.1 Å². The maximum Gasteiger partial charge on any atom is 0.290 e. The first-order valence-corrected chi connectivity index (χ1v) is 9.39. The molecule has 1 saturated heterocycles. The standard InChI is InChI=1S/C21H20N4O2.CH2O2/c1-14-7-9-17(10-8-14)25-20(24-21(27)16-11-19(26)22-12-16)18(13-23-25)15-5-3-2-4-6-15;2-1-3/h2-10,13,16H,11-12H2,1H3,(H,22,26)(H,24,27);1H,(H,2,3). The van der Waals surface area contributed by atoms with Crippen LogP contribution in [0.3, 0.4) is 0 Å². The average Bonchev–Trinajstić information content (AvgIpc) is 3.36. The van der Waals surface area contributed by atoms with Crippen LogP contribution in [0, 0.1) is 12.8 Å². The van der Waals surface area contributed by atoms with Crippen molar-refractivity contribution >= 4 is 24.1 Å². The lowest BCUT2D eigenvalue weighted by atomic mass is 10.1. The monoisotopic (exact) mass is 406 g/mol. The Morgan fingerprint density at radius 3 is 2.47 bits per heavy atom. The largest absolute Gasteiger partial charge is 0.483 e. The number of carbonyl (C=O) groups is 3. The molecule has 2 aromatic carbocycles. The minimum absolute atomic E-state index is 0.0922. The molecular weight excluding hydrogens is 384 g/mol. The minimum atomic E-state index is -0.373. The van der Waals surface area contributed by atoms with Crippen LogP contribution in [-0.2, 0) is 14.4 Å². The highest BCUT2D eigenvalue weighted by molar-refractivity contribution is 5.99. The lowest BCUT2D eigenvalue weighted by Crippen LogP contribution is -2.26. The summed E-state index contributed by atoms with van der Waals surface area (Å²) in [6.45, 7) is 2.14. The highest BCUT2D eigenvalue weighted by Gasteiger charge is 2.29. The van der Waals surface area contributed by atoms with E-state index in [1.54, 1.807) is 10.9 Å². The van der Waals surface area contributed by atoms with Crippen LogP contribution in [0.5, 0.6) is 0 Å². The molecule has 8 nitrogen and oxygen atoms in total. The van der Waals surface area contributed by atoms with Crippen molar-refractivity contribution in [1.29, 1.82) is 0 Å². The summed E-state index contributed by atoms with van der Waals surface area (Å²) in [5, 5.41) is 17.1. The highest BCUT2D eigenvalue weighted by Crippen LogP contribution is 2.30. The summed E-state index contributed by atoms with van der Waals surface area (Å²) in [6.07, 6.45) is 1.97. The fraction of sp³-hybridized carbons (Fsp3) is 0.182. The molecule has 2 heterocycles. The molecule has 1 fully saturated rings. The van der Waals surface area contributed by atoms with Crippen LogP contribution in [0.25, 0.3) is 16.8 Å². The van der Waals surface area contributed by atoms with E-state index < -0.39 is 0 Å². The summed E-state index contributed by atoms with van der Waals surface area (Å²) in [4.78, 5) is 32.6. The second-order valence-electron chi connectivity index (χ2n) is 6.82. The van der Waals surface area contributed by atoms with Gasteiger partial charge in [-0.3, -0.25) is 14.4 Å². The number of aromatic nitrogens is 2. The number of amides is 2. The van der Waals surface area contributed by atoms with E-state index in [-0.39, 0.29) is 30.6 Å². The van der Waals surface area contributed by atoms with Gasteiger partial charge in [0.15, 0.2) is 0 Å². The predicted octanol–water partition coefficient (Wildman–Crippen LogP) is 2.62. The van der Waals surface area contributed by atoms with Crippen LogP contribution in [0.4, 0.5) is 5.82 Å². The van der Waals surface area contributed by atoms with Crippen LogP contribution >= 0.6 is 0 Å². The molecule has 1 aromatic heterocycles. The van der Waals surface area contributed by atoms with Crippen molar-refractivity contribution in [3.05, 3.63) is 66.4 Å². The molecule has 0 saturated carbocycles. The van der Waals surface area contributed by atoms with Gasteiger partial charge in [-0.1, -0.05) is 48.0 Å². The topological polar surface area (TPSA) is 113 Å². The zero-order valence-corrected chi connectivity index (χ0v) is 16.4. The third-order valence-corrected chi connectivity index (χ3v) is 4.72. The van der Waals surface area contributed by atoms with E-state index in [1.165, 1.54) is 0 Å². The predicted molar refractivity (Wildman–Crippen MR) is 112 cm³/mol. The molecule has 0 radical (unpaired) electrons. The van der Waals surface area contributed by atoms with Crippen molar-refractivity contribution in [3.8, 4) is 16.8 Å². The van der Waals surface area contributed by atoms with Gasteiger partial charge in [0.1, 0.15) is 5.82 Å². The Morgan fingerprint density at radius 2 is 1.87 bits per heavy atom. The lowest BCUT2D eigenvalue weighted by molar-refractivity contribution is -0.123. The molecule has 1 aliphatic rings. The Morgan fingerprint density at radius 1 is 1.20 bits per heavy atom. The maximum absolute atomic E-state index is 12.7. The molecule has 0 aliphatic carbocycles. The molecule has 1 atom stereocenters. The van der Waals surface area contributed by atoms with Gasteiger partial charge in [0.2, 0.25) is 11.8 Å². The van der Waals surface area contributed by atoms with Gasteiger partial charge in [0.25, 0.3) is 6.47 Å². The van der Waals surface area contributed by atoms with Gasteiger partial charge >= 0.3 is 0 Å². The Kier molecular flexibility index (Phi) is 6.59. The molecular formula is C22H22N4O4. The zero-order valence-electron chi connectivity index (χ0n) is 16.4. The molecule has 3 N–H and O–H groups in total. The van der Waals surface area contributed by atoms with Crippen LogP contribution in [0.1, 0.15) is 12.0 Å². The van der Waals surface area contributed by atoms with Crippen molar-refractivity contribution in [2.24, 2.45) is 5.92 Å². The normalized spacial score (nSPS) is 15.0. The summed E-state index contributed by atoms with van der Waals surface area (Å²) in [5.41, 5.74) is 3.81. The van der Waals surface area contributed by atoms with E-state index in [9.17, 15) is 9.59 Å². The number of anilines is 1. The molecule has 0 bridgehead atoms. The zero-order chi connectivity index (χ0) is 21.5. The van der Waals surface area contributed by atoms with Gasteiger partial charge in [0, 0.05) is 18.5 Å². The second-order valence-corrected chi connectivity index (χ2v) is 6.82. The van der Waals surface area contributed by atoms with Crippen LogP contribution in [0.2, 0.25) is 0 Å². The molecule has 3 aromatic rings. The molecule has 1 unspecified atom stereocenters. The summed E-state index contributed by atoms with van der Waals surface area (Å²) >= 11 is 0. The molecule has 0 spiro atoms. The minimum Gasteiger partial charge on any atom is -0.483 e. The SMILES string of the molecule is Cc1ccc(-n2ncc(-c3ccccc3)c2NC(=O)C2CNC(=O)C2)cc1.O=CO. The Labute approximate surface area is 173 Å². The molecule has 2 amide bonds. The molecule has 4 rings (SSSR count). The fourth-order valence-corrected chi connectivity index (χ4v) is 3.19. The quantitative estimate of drug-likeness (QED) is 0.577. The van der Waals surface area contributed by atoms with E-state index in [2.05, 4.69) is 15.7 Å². The number of nitrogens with one attached hydrogen (secondary N) is 2. The van der Waals surface area contributed by atoms with Crippen LogP contribution in [-0.4, -0.2) is 39.7 Å². The average molecular weight is 406 g/mol. The number of hydrogen-bond acceptors (Lipinski definition) is 4. The number of carbonyl (C=O) groups excluding carboxylic acids is 2. The van der Waals surface area contributed by atoms with Gasteiger partial charge < -0.3 is 15.7 Å². The first-order valence-electron chi connectivity index (χ1n) is 9.39. The van der Waals surface area contributed by atoms with Crippen molar-refractivity contribution in [2.45, 2.75) is 13.3 Å². The van der Waals surface area contributed by atoms with E-state index in [0.717, 1.165) is 22.4 Å². The third-order valence-electron chi connectivity index (χ3n) is 4.72. The molecule has 30 heavy (non-hydrogen) atoms. The summed E-state index contributed by atoms with van der Waals surface area (Å²) in [7, 11) is 0. The number of nitrogens with zero attached hydrogens (tertiary/aromatic N) is 2. The van der Waals surface area contributed by atoms with Crippen LogP contribution < -0.4 is 10.6 Å². The van der Waals surface area contributed by atoms with E-state index in [1.807, 2.05) is 61.5 Å². The number of hydrogen-bond donors (Lipinski definition) is 3. The molecule has 1 aliphatic heterocycles. The van der Waals surface area contributed by atoms with E-state index >= 15 is 0 Å². The smallest absolute Gasteiger partial charge is 0.290 e. The van der Waals surface area contributed by atoms with Gasteiger partial charge in [-0.25, -0.2) is 4.68 Å². The summed E-state index contributed by atoms with van der Waals surface area (Å²) < 4.78 is 1.73. The van der Waals surface area contributed by atoms with Crippen LogP contribution in [0.15, 0.2) is 60.8 Å². The van der Waals surface area contributed by atoms with Gasteiger partial charge in [-0.05, 0) is 24.6 Å². The van der Waals surface area contributed by atoms with Gasteiger partial charge in [-0.15, -0.1) is 0 Å².